The summed E-state index contributed by atoms with van der Waals surface area (Å²) in [5, 5.41) is 4.00. The summed E-state index contributed by atoms with van der Waals surface area (Å²) in [6.45, 7) is 7.64. The van der Waals surface area contributed by atoms with Gasteiger partial charge in [0.05, 0.1) is 6.61 Å². The van der Waals surface area contributed by atoms with Gasteiger partial charge in [-0.1, -0.05) is 22.9 Å². The molecule has 0 radical (unpaired) electrons. The molecule has 0 spiro atoms. The van der Waals surface area contributed by atoms with Crippen molar-refractivity contribution in [1.82, 2.24) is 9.72 Å². The van der Waals surface area contributed by atoms with Gasteiger partial charge in [0.15, 0.2) is 12.4 Å². The summed E-state index contributed by atoms with van der Waals surface area (Å²) in [4.78, 5) is 24.5. The first-order valence-electron chi connectivity index (χ1n) is 9.86. The average molecular weight is 410 g/mol. The van der Waals surface area contributed by atoms with Crippen LogP contribution in [-0.4, -0.2) is 34.7 Å². The molecular formula is C23H26N2O5. The Balaban J connectivity index is 1.47. The summed E-state index contributed by atoms with van der Waals surface area (Å²) in [6, 6.07) is 11.3. The van der Waals surface area contributed by atoms with Gasteiger partial charge < -0.3 is 14.0 Å². The number of Topliss-reactive ketones (excluding diaryl/α,β-unsaturated/α-hetero) is 1. The van der Waals surface area contributed by atoms with E-state index in [1.54, 1.807) is 12.1 Å². The predicted octanol–water partition coefficient (Wildman–Crippen LogP) is 4.28. The minimum absolute atomic E-state index is 0.191. The minimum Gasteiger partial charge on any atom is -0.494 e. The number of ketones is 1. The molecule has 158 valence electrons. The number of nitrogens with zero attached hydrogens (tertiary/aromatic N) is 2. The molecule has 0 amide bonds. The zero-order valence-electron chi connectivity index (χ0n) is 17.7. The number of benzene rings is 1. The van der Waals surface area contributed by atoms with E-state index >= 15 is 0 Å². The average Bonchev–Trinajstić information content (AvgIpc) is 3.26. The number of esters is 1. The lowest BCUT2D eigenvalue weighted by molar-refractivity contribution is -0.142. The fraction of sp³-hybridized carbons (Fsp3) is 0.348. The van der Waals surface area contributed by atoms with Gasteiger partial charge >= 0.3 is 5.97 Å². The second-order valence-corrected chi connectivity index (χ2v) is 7.26. The normalized spacial score (nSPS) is 10.8. The lowest BCUT2D eigenvalue weighted by Crippen LogP contribution is -2.15. The molecular weight excluding hydrogens is 384 g/mol. The molecule has 0 bridgehead atoms. The van der Waals surface area contributed by atoms with E-state index in [9.17, 15) is 9.59 Å². The zero-order valence-corrected chi connectivity index (χ0v) is 17.7. The Morgan fingerprint density at radius 1 is 1.07 bits per heavy atom. The molecule has 0 N–H and O–H groups in total. The van der Waals surface area contributed by atoms with Crippen molar-refractivity contribution in [2.75, 3.05) is 13.2 Å². The SMILES string of the molecule is Cc1ccc(OCCCC(=O)OCC(=O)c2cc(C)n(-c3cc(C)on3)c2C)cc1. The van der Waals surface area contributed by atoms with Crippen LogP contribution in [0.1, 0.15) is 45.9 Å². The highest BCUT2D eigenvalue weighted by Gasteiger charge is 2.19. The lowest BCUT2D eigenvalue weighted by atomic mass is 10.1. The van der Waals surface area contributed by atoms with Gasteiger partial charge in [-0.05, 0) is 52.3 Å². The number of rotatable bonds is 9. The van der Waals surface area contributed by atoms with Gasteiger partial charge in [0, 0.05) is 29.4 Å². The molecule has 0 aliphatic rings. The van der Waals surface area contributed by atoms with E-state index < -0.39 is 5.97 Å². The van der Waals surface area contributed by atoms with Crippen molar-refractivity contribution < 1.29 is 23.6 Å². The molecule has 1 aromatic carbocycles. The molecule has 0 saturated carbocycles. The van der Waals surface area contributed by atoms with E-state index in [1.807, 2.05) is 56.5 Å². The van der Waals surface area contributed by atoms with Gasteiger partial charge in [-0.3, -0.25) is 14.2 Å². The fourth-order valence-corrected chi connectivity index (χ4v) is 3.19. The summed E-state index contributed by atoms with van der Waals surface area (Å²) < 4.78 is 17.7. The number of hydrogen-bond acceptors (Lipinski definition) is 6. The van der Waals surface area contributed by atoms with Crippen LogP contribution in [0.4, 0.5) is 0 Å². The van der Waals surface area contributed by atoms with E-state index in [0.717, 1.165) is 22.7 Å². The predicted molar refractivity (Wildman–Crippen MR) is 111 cm³/mol. The molecule has 30 heavy (non-hydrogen) atoms. The first-order chi connectivity index (χ1) is 14.3. The standard InChI is InChI=1S/C23H26N2O5/c1-15-7-9-19(10-8-15)28-11-5-6-23(27)29-14-21(26)20-12-16(2)25(18(20)4)22-13-17(3)30-24-22/h7-10,12-13H,5-6,11,14H2,1-4H3. The van der Waals surface area contributed by atoms with Crippen molar-refractivity contribution in [3.05, 3.63) is 64.7 Å². The molecule has 2 aromatic heterocycles. The van der Waals surface area contributed by atoms with Gasteiger partial charge in [0.25, 0.3) is 0 Å². The van der Waals surface area contributed by atoms with Crippen LogP contribution in [0, 0.1) is 27.7 Å². The largest absolute Gasteiger partial charge is 0.494 e. The Labute approximate surface area is 175 Å². The molecule has 3 rings (SSSR count). The second kappa shape index (κ2) is 9.43. The molecule has 0 fully saturated rings. The Bertz CT molecular complexity index is 1030. The summed E-state index contributed by atoms with van der Waals surface area (Å²) in [7, 11) is 0. The van der Waals surface area contributed by atoms with Gasteiger partial charge in [-0.15, -0.1) is 0 Å². The van der Waals surface area contributed by atoms with Gasteiger partial charge in [-0.25, -0.2) is 0 Å². The first-order valence-corrected chi connectivity index (χ1v) is 9.86. The molecule has 2 heterocycles. The maximum absolute atomic E-state index is 12.6. The smallest absolute Gasteiger partial charge is 0.306 e. The van der Waals surface area contributed by atoms with E-state index in [1.165, 1.54) is 0 Å². The monoisotopic (exact) mass is 410 g/mol. The quantitative estimate of drug-likeness (QED) is 0.297. The lowest BCUT2D eigenvalue weighted by Gasteiger charge is -2.07. The van der Waals surface area contributed by atoms with Crippen LogP contribution in [0.25, 0.3) is 5.82 Å². The highest BCUT2D eigenvalue weighted by Crippen LogP contribution is 2.21. The van der Waals surface area contributed by atoms with Crippen molar-refractivity contribution in [2.24, 2.45) is 0 Å². The third-order valence-electron chi connectivity index (χ3n) is 4.76. The van der Waals surface area contributed by atoms with Crippen molar-refractivity contribution in [3.63, 3.8) is 0 Å². The van der Waals surface area contributed by atoms with Crippen molar-refractivity contribution in [1.29, 1.82) is 0 Å². The second-order valence-electron chi connectivity index (χ2n) is 7.26. The number of carbonyl (C=O) groups is 2. The fourth-order valence-electron chi connectivity index (χ4n) is 3.19. The Morgan fingerprint density at radius 2 is 1.80 bits per heavy atom. The molecule has 7 heteroatoms. The van der Waals surface area contributed by atoms with Crippen LogP contribution in [0.2, 0.25) is 0 Å². The summed E-state index contributed by atoms with van der Waals surface area (Å²) in [6.07, 6.45) is 0.706. The maximum atomic E-state index is 12.6. The maximum Gasteiger partial charge on any atom is 0.306 e. The van der Waals surface area contributed by atoms with Crippen LogP contribution in [-0.2, 0) is 9.53 Å². The van der Waals surface area contributed by atoms with Crippen LogP contribution in [0.15, 0.2) is 40.9 Å². The first kappa shape index (κ1) is 21.4. The molecule has 0 aliphatic heterocycles. The zero-order chi connectivity index (χ0) is 21.7. The van der Waals surface area contributed by atoms with Crippen molar-refractivity contribution >= 4 is 11.8 Å². The van der Waals surface area contributed by atoms with Crippen LogP contribution in [0.3, 0.4) is 0 Å². The van der Waals surface area contributed by atoms with Crippen LogP contribution in [0.5, 0.6) is 5.75 Å². The van der Waals surface area contributed by atoms with Crippen molar-refractivity contribution in [3.8, 4) is 11.6 Å². The van der Waals surface area contributed by atoms with E-state index in [2.05, 4.69) is 5.16 Å². The van der Waals surface area contributed by atoms with Gasteiger partial charge in [0.2, 0.25) is 5.78 Å². The number of ether oxygens (including phenoxy) is 2. The highest BCUT2D eigenvalue weighted by atomic mass is 16.5. The van der Waals surface area contributed by atoms with E-state index in [-0.39, 0.29) is 18.8 Å². The van der Waals surface area contributed by atoms with E-state index in [4.69, 9.17) is 14.0 Å². The highest BCUT2D eigenvalue weighted by molar-refractivity contribution is 5.99. The molecule has 0 aliphatic carbocycles. The third-order valence-corrected chi connectivity index (χ3v) is 4.76. The Hall–Kier alpha value is -3.35. The van der Waals surface area contributed by atoms with E-state index in [0.29, 0.717) is 30.2 Å². The third kappa shape index (κ3) is 5.17. The molecule has 0 atom stereocenters. The Kier molecular flexibility index (Phi) is 6.72. The number of aryl methyl sites for hydroxylation is 3. The summed E-state index contributed by atoms with van der Waals surface area (Å²) >= 11 is 0. The van der Waals surface area contributed by atoms with Crippen LogP contribution < -0.4 is 4.74 Å². The van der Waals surface area contributed by atoms with Crippen LogP contribution >= 0.6 is 0 Å². The van der Waals surface area contributed by atoms with Gasteiger partial charge in [-0.2, -0.15) is 0 Å². The van der Waals surface area contributed by atoms with Gasteiger partial charge in [0.1, 0.15) is 11.5 Å². The summed E-state index contributed by atoms with van der Waals surface area (Å²) in [5.74, 6) is 1.40. The summed E-state index contributed by atoms with van der Waals surface area (Å²) in [5.41, 5.74) is 3.24. The molecule has 0 saturated heterocycles. The topological polar surface area (TPSA) is 83.6 Å². The number of hydrogen-bond donors (Lipinski definition) is 0. The minimum atomic E-state index is -0.420. The molecule has 3 aromatic rings. The number of aromatic nitrogens is 2. The Morgan fingerprint density at radius 3 is 2.47 bits per heavy atom. The molecule has 7 nitrogen and oxygen atoms in total. The van der Waals surface area contributed by atoms with Crippen molar-refractivity contribution in [2.45, 2.75) is 40.5 Å². The molecule has 0 unspecified atom stereocenters. The number of carbonyl (C=O) groups excluding carboxylic acids is 2.